The van der Waals surface area contributed by atoms with Gasteiger partial charge in [-0.15, -0.1) is 11.3 Å². The highest BCUT2D eigenvalue weighted by molar-refractivity contribution is 7.16. The molecule has 0 saturated carbocycles. The number of anilines is 1. The van der Waals surface area contributed by atoms with Crippen LogP contribution < -0.4 is 5.32 Å². The van der Waals surface area contributed by atoms with Crippen molar-refractivity contribution in [3.8, 4) is 0 Å². The fourth-order valence-electron chi connectivity index (χ4n) is 1.43. The average molecular weight is 256 g/mol. The summed E-state index contributed by atoms with van der Waals surface area (Å²) in [5.74, 6) is -0.225. The molecular weight excluding hydrogens is 245 g/mol. The second-order valence-electron chi connectivity index (χ2n) is 3.51. The van der Waals surface area contributed by atoms with Crippen LogP contribution in [0.2, 0.25) is 4.34 Å². The third-order valence-corrected chi connectivity index (χ3v) is 3.66. The Kier molecular flexibility index (Phi) is 3.46. The molecule has 2 aromatic rings. The molecule has 0 spiro atoms. The fourth-order valence-corrected chi connectivity index (χ4v) is 2.49. The van der Waals surface area contributed by atoms with Crippen LogP contribution in [-0.2, 0) is 0 Å². The average Bonchev–Trinajstić information content (AvgIpc) is 2.68. The molecule has 1 unspecified atom stereocenters. The molecule has 16 heavy (non-hydrogen) atoms. The van der Waals surface area contributed by atoms with E-state index in [1.807, 2.05) is 19.1 Å². The van der Waals surface area contributed by atoms with Crippen LogP contribution >= 0.6 is 22.9 Å². The Morgan fingerprint density at radius 2 is 1.88 bits per heavy atom. The van der Waals surface area contributed by atoms with Crippen molar-refractivity contribution in [3.05, 3.63) is 51.4 Å². The molecule has 0 fully saturated rings. The van der Waals surface area contributed by atoms with Gasteiger partial charge in [0.15, 0.2) is 0 Å². The lowest BCUT2D eigenvalue weighted by molar-refractivity contribution is 0.628. The number of thiophene rings is 1. The van der Waals surface area contributed by atoms with E-state index >= 15 is 0 Å². The normalized spacial score (nSPS) is 12.4. The molecule has 1 nitrogen and oxygen atoms in total. The van der Waals surface area contributed by atoms with Crippen molar-refractivity contribution in [3.63, 3.8) is 0 Å². The minimum Gasteiger partial charge on any atom is -0.378 e. The lowest BCUT2D eigenvalue weighted by atomic mass is 10.2. The molecule has 0 aliphatic carbocycles. The van der Waals surface area contributed by atoms with E-state index in [1.54, 1.807) is 23.5 Å². The van der Waals surface area contributed by atoms with Gasteiger partial charge in [0.1, 0.15) is 5.82 Å². The quantitative estimate of drug-likeness (QED) is 0.837. The number of hydrogen-bond acceptors (Lipinski definition) is 2. The monoisotopic (exact) mass is 255 g/mol. The van der Waals surface area contributed by atoms with Gasteiger partial charge in [-0.2, -0.15) is 0 Å². The lowest BCUT2D eigenvalue weighted by Crippen LogP contribution is -2.04. The van der Waals surface area contributed by atoms with Crippen molar-refractivity contribution < 1.29 is 4.39 Å². The van der Waals surface area contributed by atoms with Gasteiger partial charge in [-0.1, -0.05) is 11.6 Å². The SMILES string of the molecule is CC(Nc1ccc(F)cc1)c1ccc(Cl)s1. The molecule has 0 bridgehead atoms. The molecule has 0 aliphatic rings. The van der Waals surface area contributed by atoms with Crippen molar-refractivity contribution >= 4 is 28.6 Å². The smallest absolute Gasteiger partial charge is 0.123 e. The predicted octanol–water partition coefficient (Wildman–Crippen LogP) is 4.71. The highest BCUT2D eigenvalue weighted by atomic mass is 35.5. The van der Waals surface area contributed by atoms with Crippen LogP contribution in [0, 0.1) is 5.82 Å². The molecule has 1 aromatic carbocycles. The minimum atomic E-state index is -0.225. The molecule has 0 saturated heterocycles. The summed E-state index contributed by atoms with van der Waals surface area (Å²) < 4.78 is 13.5. The summed E-state index contributed by atoms with van der Waals surface area (Å²) in [5.41, 5.74) is 0.901. The Labute approximate surface area is 103 Å². The maximum absolute atomic E-state index is 12.7. The summed E-state index contributed by atoms with van der Waals surface area (Å²) in [6.07, 6.45) is 0. The van der Waals surface area contributed by atoms with E-state index in [9.17, 15) is 4.39 Å². The standard InChI is InChI=1S/C12H11ClFNS/c1-8(11-6-7-12(13)16-11)15-10-4-2-9(14)3-5-10/h2-8,15H,1H3. The van der Waals surface area contributed by atoms with Gasteiger partial charge in [-0.05, 0) is 43.3 Å². The zero-order chi connectivity index (χ0) is 11.5. The Morgan fingerprint density at radius 1 is 1.19 bits per heavy atom. The van der Waals surface area contributed by atoms with E-state index in [2.05, 4.69) is 5.32 Å². The topological polar surface area (TPSA) is 12.0 Å². The van der Waals surface area contributed by atoms with Crippen molar-refractivity contribution in [1.82, 2.24) is 0 Å². The maximum Gasteiger partial charge on any atom is 0.123 e. The first-order valence-corrected chi connectivity index (χ1v) is 6.12. The number of rotatable bonds is 3. The minimum absolute atomic E-state index is 0.169. The highest BCUT2D eigenvalue weighted by Crippen LogP contribution is 2.28. The van der Waals surface area contributed by atoms with Gasteiger partial charge in [-0.3, -0.25) is 0 Å². The maximum atomic E-state index is 12.7. The van der Waals surface area contributed by atoms with Crippen LogP contribution in [0.4, 0.5) is 10.1 Å². The van der Waals surface area contributed by atoms with E-state index < -0.39 is 0 Å². The predicted molar refractivity (Wildman–Crippen MR) is 67.8 cm³/mol. The van der Waals surface area contributed by atoms with Crippen molar-refractivity contribution in [2.24, 2.45) is 0 Å². The van der Waals surface area contributed by atoms with Crippen LogP contribution in [0.3, 0.4) is 0 Å². The second-order valence-corrected chi connectivity index (χ2v) is 5.26. The molecule has 0 aliphatic heterocycles. The first-order valence-electron chi connectivity index (χ1n) is 4.92. The molecule has 0 amide bonds. The molecule has 84 valence electrons. The fraction of sp³-hybridized carbons (Fsp3) is 0.167. The Hall–Kier alpha value is -1.06. The van der Waals surface area contributed by atoms with Gasteiger partial charge in [-0.25, -0.2) is 4.39 Å². The molecule has 1 heterocycles. The van der Waals surface area contributed by atoms with Crippen LogP contribution in [0.5, 0.6) is 0 Å². The number of halogens is 2. The van der Waals surface area contributed by atoms with Gasteiger partial charge >= 0.3 is 0 Å². The second kappa shape index (κ2) is 4.85. The summed E-state index contributed by atoms with van der Waals surface area (Å²) in [6, 6.07) is 10.4. The van der Waals surface area contributed by atoms with Crippen LogP contribution in [-0.4, -0.2) is 0 Å². The van der Waals surface area contributed by atoms with Crippen molar-refractivity contribution in [2.75, 3.05) is 5.32 Å². The Balaban J connectivity index is 2.07. The van der Waals surface area contributed by atoms with Gasteiger partial charge in [0, 0.05) is 10.6 Å². The van der Waals surface area contributed by atoms with E-state index in [4.69, 9.17) is 11.6 Å². The molecular formula is C12H11ClFNS. The van der Waals surface area contributed by atoms with Crippen LogP contribution in [0.1, 0.15) is 17.8 Å². The van der Waals surface area contributed by atoms with Crippen molar-refractivity contribution in [1.29, 1.82) is 0 Å². The van der Waals surface area contributed by atoms with Gasteiger partial charge in [0.05, 0.1) is 10.4 Å². The zero-order valence-corrected chi connectivity index (χ0v) is 10.3. The van der Waals surface area contributed by atoms with Gasteiger partial charge < -0.3 is 5.32 Å². The number of nitrogens with one attached hydrogen (secondary N) is 1. The molecule has 1 atom stereocenters. The highest BCUT2D eigenvalue weighted by Gasteiger charge is 2.07. The van der Waals surface area contributed by atoms with Crippen LogP contribution in [0.25, 0.3) is 0 Å². The molecule has 2 rings (SSSR count). The van der Waals surface area contributed by atoms with Crippen LogP contribution in [0.15, 0.2) is 36.4 Å². The van der Waals surface area contributed by atoms with E-state index in [0.29, 0.717) is 0 Å². The number of hydrogen-bond donors (Lipinski definition) is 1. The Morgan fingerprint density at radius 3 is 2.44 bits per heavy atom. The first-order chi connectivity index (χ1) is 7.65. The van der Waals surface area contributed by atoms with E-state index in [1.165, 1.54) is 12.1 Å². The summed E-state index contributed by atoms with van der Waals surface area (Å²) >= 11 is 7.42. The lowest BCUT2D eigenvalue weighted by Gasteiger charge is -2.13. The molecule has 0 radical (unpaired) electrons. The largest absolute Gasteiger partial charge is 0.378 e. The summed E-state index contributed by atoms with van der Waals surface area (Å²) in [5, 5.41) is 3.28. The Bertz CT molecular complexity index is 466. The third-order valence-electron chi connectivity index (χ3n) is 2.25. The summed E-state index contributed by atoms with van der Waals surface area (Å²) in [6.45, 7) is 2.05. The molecule has 4 heteroatoms. The number of benzene rings is 1. The van der Waals surface area contributed by atoms with E-state index in [-0.39, 0.29) is 11.9 Å². The summed E-state index contributed by atoms with van der Waals surface area (Å²) in [4.78, 5) is 1.16. The van der Waals surface area contributed by atoms with Gasteiger partial charge in [0.2, 0.25) is 0 Å². The molecule has 1 aromatic heterocycles. The van der Waals surface area contributed by atoms with Crippen molar-refractivity contribution in [2.45, 2.75) is 13.0 Å². The third kappa shape index (κ3) is 2.74. The first kappa shape index (κ1) is 11.4. The van der Waals surface area contributed by atoms with E-state index in [0.717, 1.165) is 14.9 Å². The van der Waals surface area contributed by atoms with Gasteiger partial charge in [0.25, 0.3) is 0 Å². The summed E-state index contributed by atoms with van der Waals surface area (Å²) in [7, 11) is 0. The zero-order valence-electron chi connectivity index (χ0n) is 8.71. The molecule has 1 N–H and O–H groups in total.